The van der Waals surface area contributed by atoms with Crippen LogP contribution in [-0.4, -0.2) is 6.71 Å². The fraction of sp³-hybridized carbons (Fsp3) is 1.00. The summed E-state index contributed by atoms with van der Waals surface area (Å²) in [6.45, 7) is 5.77. The third kappa shape index (κ3) is 4.06. The lowest BCUT2D eigenvalue weighted by Crippen LogP contribution is -2.20. The SMILES string of the molecule is CCCB(CC)C1CCCCCCC1. The van der Waals surface area contributed by atoms with Gasteiger partial charge in [0.15, 0.2) is 0 Å². The lowest BCUT2D eigenvalue weighted by atomic mass is 9.35. The number of hydrogen-bond donors (Lipinski definition) is 0. The molecule has 82 valence electrons. The third-order valence-corrected chi connectivity index (χ3v) is 4.00. The van der Waals surface area contributed by atoms with E-state index in [1.807, 2.05) is 0 Å². The highest BCUT2D eigenvalue weighted by Gasteiger charge is 2.22. The van der Waals surface area contributed by atoms with Gasteiger partial charge in [-0.25, -0.2) is 0 Å². The number of hydrogen-bond acceptors (Lipinski definition) is 0. The van der Waals surface area contributed by atoms with E-state index in [0.717, 1.165) is 12.5 Å². The molecule has 0 aromatic heterocycles. The molecule has 1 fully saturated rings. The maximum atomic E-state index is 2.39. The standard InChI is InChI=1S/C13H27B/c1-3-12-14(4-2)13-10-8-6-5-7-9-11-13/h13H,3-12H2,1-2H3. The van der Waals surface area contributed by atoms with E-state index in [2.05, 4.69) is 13.8 Å². The van der Waals surface area contributed by atoms with Gasteiger partial charge in [-0.15, -0.1) is 0 Å². The van der Waals surface area contributed by atoms with Crippen LogP contribution in [0.4, 0.5) is 0 Å². The average molecular weight is 194 g/mol. The molecule has 0 aromatic carbocycles. The van der Waals surface area contributed by atoms with Crippen molar-refractivity contribution < 1.29 is 0 Å². The van der Waals surface area contributed by atoms with Crippen LogP contribution in [0.2, 0.25) is 18.5 Å². The fourth-order valence-corrected chi connectivity index (χ4v) is 3.10. The Kier molecular flexibility index (Phi) is 6.39. The summed E-state index contributed by atoms with van der Waals surface area (Å²) >= 11 is 0. The molecule has 0 N–H and O–H groups in total. The molecule has 0 radical (unpaired) electrons. The van der Waals surface area contributed by atoms with Crippen molar-refractivity contribution in [3.8, 4) is 0 Å². The largest absolute Gasteiger partial charge is 0.142 e. The first-order valence-corrected chi connectivity index (χ1v) is 6.88. The summed E-state index contributed by atoms with van der Waals surface area (Å²) < 4.78 is 0. The molecule has 0 atom stereocenters. The van der Waals surface area contributed by atoms with Gasteiger partial charge in [-0.2, -0.15) is 0 Å². The summed E-state index contributed by atoms with van der Waals surface area (Å²) in [5.41, 5.74) is 0. The predicted octanol–water partition coefficient (Wildman–Crippen LogP) is 5.03. The second kappa shape index (κ2) is 7.37. The molecule has 0 amide bonds. The highest BCUT2D eigenvalue weighted by atomic mass is 14.1. The van der Waals surface area contributed by atoms with Gasteiger partial charge in [0, 0.05) is 0 Å². The van der Waals surface area contributed by atoms with Gasteiger partial charge in [0.1, 0.15) is 6.71 Å². The van der Waals surface area contributed by atoms with Crippen LogP contribution < -0.4 is 0 Å². The Bertz CT molecular complexity index is 125. The van der Waals surface area contributed by atoms with Crippen LogP contribution >= 0.6 is 0 Å². The van der Waals surface area contributed by atoms with E-state index in [9.17, 15) is 0 Å². The summed E-state index contributed by atoms with van der Waals surface area (Å²) in [6, 6.07) is 0. The van der Waals surface area contributed by atoms with E-state index in [1.54, 1.807) is 0 Å². The van der Waals surface area contributed by atoms with Crippen LogP contribution in [0.1, 0.15) is 65.2 Å². The molecule has 1 rings (SSSR count). The summed E-state index contributed by atoms with van der Waals surface area (Å²) in [6.07, 6.45) is 14.8. The molecule has 0 saturated heterocycles. The first kappa shape index (κ1) is 12.1. The molecule has 1 saturated carbocycles. The van der Waals surface area contributed by atoms with E-state index in [4.69, 9.17) is 0 Å². The molecule has 0 heterocycles. The van der Waals surface area contributed by atoms with E-state index >= 15 is 0 Å². The van der Waals surface area contributed by atoms with Crippen LogP contribution in [0.15, 0.2) is 0 Å². The van der Waals surface area contributed by atoms with Gasteiger partial charge in [-0.3, -0.25) is 0 Å². The summed E-state index contributed by atoms with van der Waals surface area (Å²) in [5, 5.41) is 0. The van der Waals surface area contributed by atoms with Gasteiger partial charge in [0.2, 0.25) is 0 Å². The second-order valence-electron chi connectivity index (χ2n) is 5.06. The lowest BCUT2D eigenvalue weighted by Gasteiger charge is -2.25. The highest BCUT2D eigenvalue weighted by molar-refractivity contribution is 6.60. The van der Waals surface area contributed by atoms with Gasteiger partial charge >= 0.3 is 0 Å². The molecule has 0 aliphatic heterocycles. The van der Waals surface area contributed by atoms with Crippen molar-refractivity contribution in [2.45, 2.75) is 83.7 Å². The van der Waals surface area contributed by atoms with Crippen molar-refractivity contribution in [2.75, 3.05) is 0 Å². The minimum absolute atomic E-state index is 1.04. The molecule has 14 heavy (non-hydrogen) atoms. The molecular weight excluding hydrogens is 167 g/mol. The Morgan fingerprint density at radius 1 is 0.929 bits per heavy atom. The first-order chi connectivity index (χ1) is 6.88. The fourth-order valence-electron chi connectivity index (χ4n) is 3.10. The summed E-state index contributed by atoms with van der Waals surface area (Å²) in [4.78, 5) is 0. The Morgan fingerprint density at radius 2 is 1.50 bits per heavy atom. The zero-order valence-corrected chi connectivity index (χ0v) is 10.2. The molecule has 1 aliphatic rings. The number of rotatable bonds is 4. The normalized spacial score (nSPS) is 20.1. The lowest BCUT2D eigenvalue weighted by molar-refractivity contribution is 0.496. The van der Waals surface area contributed by atoms with E-state index in [0.29, 0.717) is 0 Å². The third-order valence-electron chi connectivity index (χ3n) is 4.00. The van der Waals surface area contributed by atoms with E-state index in [-0.39, 0.29) is 0 Å². The van der Waals surface area contributed by atoms with Crippen molar-refractivity contribution in [1.82, 2.24) is 0 Å². The molecular formula is C13H27B. The Morgan fingerprint density at radius 3 is 2.00 bits per heavy atom. The van der Waals surface area contributed by atoms with Crippen LogP contribution in [0.25, 0.3) is 0 Å². The minimum Gasteiger partial charge on any atom is -0.0768 e. The highest BCUT2D eigenvalue weighted by Crippen LogP contribution is 2.32. The van der Waals surface area contributed by atoms with Gasteiger partial charge in [-0.05, 0) is 0 Å². The Hall–Kier alpha value is 0.0649. The quantitative estimate of drug-likeness (QED) is 0.551. The molecule has 0 spiro atoms. The zero-order chi connectivity index (χ0) is 10.2. The van der Waals surface area contributed by atoms with Crippen molar-refractivity contribution in [2.24, 2.45) is 0 Å². The van der Waals surface area contributed by atoms with E-state index < -0.39 is 0 Å². The van der Waals surface area contributed by atoms with Crippen LogP contribution in [-0.2, 0) is 0 Å². The van der Waals surface area contributed by atoms with Crippen molar-refractivity contribution >= 4 is 6.71 Å². The van der Waals surface area contributed by atoms with Gasteiger partial charge in [0.05, 0.1) is 0 Å². The summed E-state index contributed by atoms with van der Waals surface area (Å²) in [5.74, 6) is 1.07. The van der Waals surface area contributed by atoms with Crippen LogP contribution in [0.3, 0.4) is 0 Å². The molecule has 1 aliphatic carbocycles. The van der Waals surface area contributed by atoms with E-state index in [1.165, 1.54) is 64.0 Å². The minimum atomic E-state index is 1.04. The van der Waals surface area contributed by atoms with Gasteiger partial charge in [-0.1, -0.05) is 83.7 Å². The molecule has 0 bridgehead atoms. The monoisotopic (exact) mass is 194 g/mol. The maximum Gasteiger partial charge on any atom is 0.142 e. The van der Waals surface area contributed by atoms with Crippen LogP contribution in [0, 0.1) is 0 Å². The smallest absolute Gasteiger partial charge is 0.0768 e. The zero-order valence-electron chi connectivity index (χ0n) is 10.2. The Balaban J connectivity index is 2.35. The van der Waals surface area contributed by atoms with Crippen molar-refractivity contribution in [1.29, 1.82) is 0 Å². The van der Waals surface area contributed by atoms with Gasteiger partial charge in [0.25, 0.3) is 0 Å². The van der Waals surface area contributed by atoms with Crippen LogP contribution in [0.5, 0.6) is 0 Å². The molecule has 1 heteroatoms. The topological polar surface area (TPSA) is 0 Å². The molecule has 0 unspecified atom stereocenters. The van der Waals surface area contributed by atoms with Gasteiger partial charge < -0.3 is 0 Å². The second-order valence-corrected chi connectivity index (χ2v) is 5.06. The Labute approximate surface area is 90.9 Å². The summed E-state index contributed by atoms with van der Waals surface area (Å²) in [7, 11) is 0. The van der Waals surface area contributed by atoms with Crippen molar-refractivity contribution in [3.63, 3.8) is 0 Å². The molecule has 0 nitrogen and oxygen atoms in total. The first-order valence-electron chi connectivity index (χ1n) is 6.88. The average Bonchev–Trinajstić information content (AvgIpc) is 2.15. The van der Waals surface area contributed by atoms with Crippen molar-refractivity contribution in [3.05, 3.63) is 0 Å². The maximum absolute atomic E-state index is 2.39. The molecule has 0 aromatic rings. The predicted molar refractivity (Wildman–Crippen MR) is 67.4 cm³/mol.